The molecule has 0 aromatic carbocycles. The summed E-state index contributed by atoms with van der Waals surface area (Å²) < 4.78 is 0. The standard InChI is InChI=1S/C10H19N/c1-5-6-7-10(2,3)8-9-11-4/h1,11H,6-9H2,2-4H3. The van der Waals surface area contributed by atoms with Gasteiger partial charge in [0.25, 0.3) is 0 Å². The minimum atomic E-state index is 0.398. The first-order valence-corrected chi connectivity index (χ1v) is 4.20. The van der Waals surface area contributed by atoms with Crippen LogP contribution in [0.3, 0.4) is 0 Å². The molecule has 1 nitrogen and oxygen atoms in total. The zero-order valence-electron chi connectivity index (χ0n) is 7.91. The minimum absolute atomic E-state index is 0.398. The lowest BCUT2D eigenvalue weighted by Crippen LogP contribution is -2.19. The molecule has 0 fully saturated rings. The van der Waals surface area contributed by atoms with Gasteiger partial charge in [-0.05, 0) is 31.8 Å². The summed E-state index contributed by atoms with van der Waals surface area (Å²) in [6.45, 7) is 5.61. The van der Waals surface area contributed by atoms with Gasteiger partial charge in [0.15, 0.2) is 0 Å². The SMILES string of the molecule is C#CCCC(C)(C)CCNC. The van der Waals surface area contributed by atoms with Gasteiger partial charge in [-0.2, -0.15) is 0 Å². The Morgan fingerprint density at radius 1 is 1.36 bits per heavy atom. The summed E-state index contributed by atoms with van der Waals surface area (Å²) in [5.41, 5.74) is 0.398. The molecule has 1 N–H and O–H groups in total. The normalized spacial score (nSPS) is 11.1. The van der Waals surface area contributed by atoms with Crippen LogP contribution < -0.4 is 5.32 Å². The van der Waals surface area contributed by atoms with Gasteiger partial charge in [-0.1, -0.05) is 13.8 Å². The molecule has 0 aromatic heterocycles. The van der Waals surface area contributed by atoms with Crippen LogP contribution in [0.5, 0.6) is 0 Å². The van der Waals surface area contributed by atoms with Crippen molar-refractivity contribution in [1.29, 1.82) is 0 Å². The van der Waals surface area contributed by atoms with Crippen LogP contribution in [0.25, 0.3) is 0 Å². The van der Waals surface area contributed by atoms with Gasteiger partial charge in [-0.3, -0.25) is 0 Å². The van der Waals surface area contributed by atoms with Crippen molar-refractivity contribution in [3.05, 3.63) is 0 Å². The molecule has 0 aliphatic rings. The fourth-order valence-electron chi connectivity index (χ4n) is 0.999. The largest absolute Gasteiger partial charge is 0.320 e. The predicted molar refractivity (Wildman–Crippen MR) is 50.4 cm³/mol. The van der Waals surface area contributed by atoms with E-state index in [-0.39, 0.29) is 0 Å². The summed E-state index contributed by atoms with van der Waals surface area (Å²) in [5.74, 6) is 2.68. The van der Waals surface area contributed by atoms with Crippen molar-refractivity contribution in [3.63, 3.8) is 0 Å². The van der Waals surface area contributed by atoms with Gasteiger partial charge in [-0.25, -0.2) is 0 Å². The van der Waals surface area contributed by atoms with Crippen molar-refractivity contribution in [2.24, 2.45) is 5.41 Å². The van der Waals surface area contributed by atoms with Crippen LogP contribution in [0.15, 0.2) is 0 Å². The minimum Gasteiger partial charge on any atom is -0.320 e. The van der Waals surface area contributed by atoms with Crippen molar-refractivity contribution >= 4 is 0 Å². The Labute approximate surface area is 70.6 Å². The van der Waals surface area contributed by atoms with Gasteiger partial charge >= 0.3 is 0 Å². The van der Waals surface area contributed by atoms with Crippen molar-refractivity contribution in [3.8, 4) is 12.3 Å². The lowest BCUT2D eigenvalue weighted by atomic mass is 9.84. The van der Waals surface area contributed by atoms with E-state index in [4.69, 9.17) is 6.42 Å². The summed E-state index contributed by atoms with van der Waals surface area (Å²) in [7, 11) is 1.98. The van der Waals surface area contributed by atoms with Crippen molar-refractivity contribution in [2.75, 3.05) is 13.6 Å². The fourth-order valence-corrected chi connectivity index (χ4v) is 0.999. The molecule has 0 aromatic rings. The van der Waals surface area contributed by atoms with Crippen LogP contribution in [0.2, 0.25) is 0 Å². The van der Waals surface area contributed by atoms with E-state index in [9.17, 15) is 0 Å². The highest BCUT2D eigenvalue weighted by molar-refractivity contribution is 4.86. The average molecular weight is 153 g/mol. The third-order valence-corrected chi connectivity index (χ3v) is 2.00. The number of hydrogen-bond acceptors (Lipinski definition) is 1. The molecule has 0 bridgehead atoms. The maximum Gasteiger partial charge on any atom is 0.00911 e. The predicted octanol–water partition coefficient (Wildman–Crippen LogP) is 2.04. The van der Waals surface area contributed by atoms with E-state index in [1.807, 2.05) is 7.05 Å². The first-order valence-electron chi connectivity index (χ1n) is 4.20. The zero-order chi connectivity index (χ0) is 8.74. The summed E-state index contributed by atoms with van der Waals surface area (Å²) >= 11 is 0. The van der Waals surface area contributed by atoms with Crippen LogP contribution in [-0.2, 0) is 0 Å². The van der Waals surface area contributed by atoms with E-state index in [2.05, 4.69) is 25.1 Å². The summed E-state index contributed by atoms with van der Waals surface area (Å²) in [4.78, 5) is 0. The van der Waals surface area contributed by atoms with Crippen molar-refractivity contribution in [2.45, 2.75) is 33.1 Å². The van der Waals surface area contributed by atoms with Crippen LogP contribution in [0.1, 0.15) is 33.1 Å². The smallest absolute Gasteiger partial charge is 0.00911 e. The van der Waals surface area contributed by atoms with E-state index in [1.54, 1.807) is 0 Å². The van der Waals surface area contributed by atoms with Gasteiger partial charge in [0, 0.05) is 6.42 Å². The summed E-state index contributed by atoms with van der Waals surface area (Å²) in [6, 6.07) is 0. The monoisotopic (exact) mass is 153 g/mol. The molecule has 0 rings (SSSR count). The van der Waals surface area contributed by atoms with Crippen LogP contribution >= 0.6 is 0 Å². The van der Waals surface area contributed by atoms with Gasteiger partial charge < -0.3 is 5.32 Å². The highest BCUT2D eigenvalue weighted by Crippen LogP contribution is 2.25. The highest BCUT2D eigenvalue weighted by Gasteiger charge is 2.15. The average Bonchev–Trinajstić information content (AvgIpc) is 1.97. The van der Waals surface area contributed by atoms with Crippen LogP contribution in [0, 0.1) is 17.8 Å². The molecule has 0 unspecified atom stereocenters. The molecule has 0 atom stereocenters. The second kappa shape index (κ2) is 5.21. The Balaban J connectivity index is 3.54. The van der Waals surface area contributed by atoms with Gasteiger partial charge in [0.1, 0.15) is 0 Å². The molecule has 64 valence electrons. The maximum absolute atomic E-state index is 5.20. The van der Waals surface area contributed by atoms with Crippen molar-refractivity contribution in [1.82, 2.24) is 5.32 Å². The van der Waals surface area contributed by atoms with Gasteiger partial charge in [-0.15, -0.1) is 12.3 Å². The maximum atomic E-state index is 5.20. The second-order valence-corrected chi connectivity index (χ2v) is 3.72. The fraction of sp³-hybridized carbons (Fsp3) is 0.800. The lowest BCUT2D eigenvalue weighted by molar-refractivity contribution is 0.310. The van der Waals surface area contributed by atoms with Gasteiger partial charge in [0.05, 0.1) is 0 Å². The van der Waals surface area contributed by atoms with E-state index < -0.39 is 0 Å². The molecule has 0 aliphatic heterocycles. The molecule has 0 spiro atoms. The third-order valence-electron chi connectivity index (χ3n) is 2.00. The Bertz CT molecular complexity index is 130. The molecule has 1 heteroatoms. The Kier molecular flexibility index (Phi) is 4.98. The Morgan fingerprint density at radius 3 is 2.45 bits per heavy atom. The summed E-state index contributed by atoms with van der Waals surface area (Å²) in [5, 5.41) is 3.15. The molecule has 0 amide bonds. The number of terminal acetylenes is 1. The molecule has 0 radical (unpaired) electrons. The van der Waals surface area contributed by atoms with E-state index in [0.29, 0.717) is 5.41 Å². The highest BCUT2D eigenvalue weighted by atomic mass is 14.8. The molecule has 0 saturated carbocycles. The number of nitrogens with one attached hydrogen (secondary N) is 1. The van der Waals surface area contributed by atoms with Gasteiger partial charge in [0.2, 0.25) is 0 Å². The summed E-state index contributed by atoms with van der Waals surface area (Å²) in [6.07, 6.45) is 8.43. The third kappa shape index (κ3) is 5.94. The Hall–Kier alpha value is -0.480. The van der Waals surface area contributed by atoms with Crippen molar-refractivity contribution < 1.29 is 0 Å². The topological polar surface area (TPSA) is 12.0 Å². The molecular weight excluding hydrogens is 134 g/mol. The Morgan fingerprint density at radius 2 is 2.00 bits per heavy atom. The lowest BCUT2D eigenvalue weighted by Gasteiger charge is -2.23. The first kappa shape index (κ1) is 10.5. The zero-order valence-corrected chi connectivity index (χ0v) is 7.91. The second-order valence-electron chi connectivity index (χ2n) is 3.72. The quantitative estimate of drug-likeness (QED) is 0.596. The molecular formula is C10H19N. The molecule has 0 heterocycles. The van der Waals surface area contributed by atoms with E-state index >= 15 is 0 Å². The van der Waals surface area contributed by atoms with E-state index in [1.165, 1.54) is 6.42 Å². The number of hydrogen-bond donors (Lipinski definition) is 1. The van der Waals surface area contributed by atoms with E-state index in [0.717, 1.165) is 19.4 Å². The van der Waals surface area contributed by atoms with Crippen LogP contribution in [-0.4, -0.2) is 13.6 Å². The van der Waals surface area contributed by atoms with Crippen LogP contribution in [0.4, 0.5) is 0 Å². The number of rotatable bonds is 5. The molecule has 11 heavy (non-hydrogen) atoms. The molecule has 0 saturated heterocycles. The first-order chi connectivity index (χ1) is 5.12. The molecule has 0 aliphatic carbocycles.